The van der Waals surface area contributed by atoms with Gasteiger partial charge in [-0.25, -0.2) is 0 Å². The molecule has 0 radical (unpaired) electrons. The lowest BCUT2D eigenvalue weighted by Gasteiger charge is -2.21. The molecule has 2 aromatic rings. The minimum absolute atomic E-state index is 0.00170. The summed E-state index contributed by atoms with van der Waals surface area (Å²) in [6.07, 6.45) is 1.16. The van der Waals surface area contributed by atoms with Crippen LogP contribution in [0.2, 0.25) is 0 Å². The zero-order valence-electron chi connectivity index (χ0n) is 13.7. The summed E-state index contributed by atoms with van der Waals surface area (Å²) in [4.78, 5) is 25.4. The van der Waals surface area contributed by atoms with Gasteiger partial charge in [-0.2, -0.15) is 0 Å². The number of anilines is 1. The fourth-order valence-electron chi connectivity index (χ4n) is 2.39. The first-order valence-electron chi connectivity index (χ1n) is 7.90. The first-order chi connectivity index (χ1) is 11.6. The van der Waals surface area contributed by atoms with Crippen LogP contribution in [-0.4, -0.2) is 24.9 Å². The number of hydrogen-bond donors (Lipinski definition) is 1. The molecule has 2 amide bonds. The lowest BCUT2D eigenvalue weighted by molar-refractivity contribution is -0.121. The molecule has 0 saturated carbocycles. The molecule has 0 atom stereocenters. The van der Waals surface area contributed by atoms with E-state index < -0.39 is 0 Å². The normalized spacial score (nSPS) is 10.2. The number of nitrogens with zero attached hydrogens (tertiary/aromatic N) is 1. The monoisotopic (exact) mass is 388 g/mol. The van der Waals surface area contributed by atoms with E-state index in [2.05, 4.69) is 21.2 Å². The van der Waals surface area contributed by atoms with E-state index in [9.17, 15) is 9.59 Å². The minimum atomic E-state index is -0.0455. The highest BCUT2D eigenvalue weighted by molar-refractivity contribution is 9.10. The van der Waals surface area contributed by atoms with Gasteiger partial charge >= 0.3 is 0 Å². The summed E-state index contributed by atoms with van der Waals surface area (Å²) in [6, 6.07) is 17.5. The van der Waals surface area contributed by atoms with Crippen LogP contribution >= 0.6 is 15.9 Å². The molecule has 2 aromatic carbocycles. The average molecular weight is 389 g/mol. The maximum atomic E-state index is 11.9. The Kier molecular flexibility index (Phi) is 7.00. The van der Waals surface area contributed by atoms with Gasteiger partial charge in [0.25, 0.3) is 0 Å². The number of hydrogen-bond acceptors (Lipinski definition) is 2. The fourth-order valence-corrected chi connectivity index (χ4v) is 2.65. The van der Waals surface area contributed by atoms with Crippen LogP contribution in [0.15, 0.2) is 59.1 Å². The quantitative estimate of drug-likeness (QED) is 0.788. The van der Waals surface area contributed by atoms with Crippen molar-refractivity contribution in [2.75, 3.05) is 18.0 Å². The van der Waals surface area contributed by atoms with Gasteiger partial charge in [-0.05, 0) is 36.2 Å². The fraction of sp³-hybridized carbons (Fsp3) is 0.263. The number of halogens is 1. The Hall–Kier alpha value is -2.14. The maximum Gasteiger partial charge on any atom is 0.223 e. The van der Waals surface area contributed by atoms with Crippen LogP contribution in [0.25, 0.3) is 0 Å². The molecule has 24 heavy (non-hydrogen) atoms. The minimum Gasteiger partial charge on any atom is -0.354 e. The van der Waals surface area contributed by atoms with E-state index in [-0.39, 0.29) is 11.8 Å². The highest BCUT2D eigenvalue weighted by Crippen LogP contribution is 2.18. The van der Waals surface area contributed by atoms with E-state index in [1.807, 2.05) is 54.6 Å². The Bertz CT molecular complexity index is 672. The van der Waals surface area contributed by atoms with Crippen molar-refractivity contribution < 1.29 is 9.59 Å². The molecule has 1 N–H and O–H groups in total. The molecule has 0 aromatic heterocycles. The highest BCUT2D eigenvalue weighted by atomic mass is 79.9. The molecule has 2 rings (SSSR count). The van der Waals surface area contributed by atoms with Gasteiger partial charge in [0.2, 0.25) is 11.8 Å². The van der Waals surface area contributed by atoms with Crippen LogP contribution in [-0.2, 0) is 16.0 Å². The molecule has 0 fully saturated rings. The lowest BCUT2D eigenvalue weighted by atomic mass is 10.1. The molecular formula is C19H21BrN2O2. The molecule has 0 saturated heterocycles. The van der Waals surface area contributed by atoms with Gasteiger partial charge in [-0.1, -0.05) is 46.3 Å². The van der Waals surface area contributed by atoms with Gasteiger partial charge in [0.1, 0.15) is 0 Å². The topological polar surface area (TPSA) is 49.4 Å². The molecule has 0 bridgehead atoms. The van der Waals surface area contributed by atoms with Crippen molar-refractivity contribution in [2.24, 2.45) is 0 Å². The van der Waals surface area contributed by atoms with E-state index in [0.29, 0.717) is 19.5 Å². The van der Waals surface area contributed by atoms with Gasteiger partial charge in [-0.3, -0.25) is 9.59 Å². The first-order valence-corrected chi connectivity index (χ1v) is 8.70. The first kappa shape index (κ1) is 18.2. The van der Waals surface area contributed by atoms with E-state index in [0.717, 1.165) is 22.1 Å². The largest absolute Gasteiger partial charge is 0.354 e. The Morgan fingerprint density at radius 2 is 1.71 bits per heavy atom. The van der Waals surface area contributed by atoms with Gasteiger partial charge in [0, 0.05) is 36.6 Å². The summed E-state index contributed by atoms with van der Waals surface area (Å²) in [5, 5.41) is 2.88. The average Bonchev–Trinajstić information content (AvgIpc) is 2.58. The van der Waals surface area contributed by atoms with Crippen LogP contribution < -0.4 is 10.2 Å². The molecule has 5 heteroatoms. The van der Waals surface area contributed by atoms with E-state index in [4.69, 9.17) is 0 Å². The second-order valence-corrected chi connectivity index (χ2v) is 6.40. The van der Waals surface area contributed by atoms with Crippen LogP contribution in [0.3, 0.4) is 0 Å². The van der Waals surface area contributed by atoms with Crippen molar-refractivity contribution in [1.29, 1.82) is 0 Å². The number of rotatable bonds is 7. The number of aryl methyl sites for hydroxylation is 1. The summed E-state index contributed by atoms with van der Waals surface area (Å²) in [5.74, 6) is -0.0472. The van der Waals surface area contributed by atoms with Gasteiger partial charge < -0.3 is 10.2 Å². The second kappa shape index (κ2) is 9.23. The highest BCUT2D eigenvalue weighted by Gasteiger charge is 2.11. The molecular weight excluding hydrogens is 368 g/mol. The standard InChI is InChI=1S/C19H21BrN2O2/c1-15(23)22(18-10-8-17(20)9-11-18)14-13-21-19(24)12-7-16-5-3-2-4-6-16/h2-6,8-11H,7,12-14H2,1H3,(H,21,24). The Morgan fingerprint density at radius 3 is 2.33 bits per heavy atom. The third kappa shape index (κ3) is 5.81. The summed E-state index contributed by atoms with van der Waals surface area (Å²) in [5.41, 5.74) is 1.97. The van der Waals surface area contributed by atoms with E-state index in [1.54, 1.807) is 4.90 Å². The second-order valence-electron chi connectivity index (χ2n) is 5.48. The number of benzene rings is 2. The molecule has 0 heterocycles. The smallest absolute Gasteiger partial charge is 0.223 e. The number of carbonyl (C=O) groups excluding carboxylic acids is 2. The summed E-state index contributed by atoms with van der Waals surface area (Å²) >= 11 is 3.38. The number of amides is 2. The Labute approximate surface area is 151 Å². The maximum absolute atomic E-state index is 11.9. The van der Waals surface area contributed by atoms with Gasteiger partial charge in [0.05, 0.1) is 0 Å². The molecule has 0 aliphatic heterocycles. The Balaban J connectivity index is 1.79. The number of carbonyl (C=O) groups is 2. The zero-order valence-corrected chi connectivity index (χ0v) is 15.3. The van der Waals surface area contributed by atoms with Crippen LogP contribution in [0.5, 0.6) is 0 Å². The summed E-state index contributed by atoms with van der Waals surface area (Å²) in [7, 11) is 0. The van der Waals surface area contributed by atoms with Crippen molar-refractivity contribution in [3.63, 3.8) is 0 Å². The predicted octanol–water partition coefficient (Wildman–Crippen LogP) is 3.55. The zero-order chi connectivity index (χ0) is 17.4. The van der Waals surface area contributed by atoms with Crippen molar-refractivity contribution in [1.82, 2.24) is 5.32 Å². The molecule has 0 unspecified atom stereocenters. The SMILES string of the molecule is CC(=O)N(CCNC(=O)CCc1ccccc1)c1ccc(Br)cc1. The van der Waals surface area contributed by atoms with E-state index in [1.165, 1.54) is 6.92 Å². The van der Waals surface area contributed by atoms with Crippen molar-refractivity contribution in [3.8, 4) is 0 Å². The van der Waals surface area contributed by atoms with Crippen LogP contribution in [0, 0.1) is 0 Å². The molecule has 0 aliphatic carbocycles. The number of nitrogens with one attached hydrogen (secondary N) is 1. The molecule has 4 nitrogen and oxygen atoms in total. The summed E-state index contributed by atoms with van der Waals surface area (Å²) < 4.78 is 0.962. The lowest BCUT2D eigenvalue weighted by Crippen LogP contribution is -2.37. The molecule has 126 valence electrons. The summed E-state index contributed by atoms with van der Waals surface area (Å²) in [6.45, 7) is 2.41. The predicted molar refractivity (Wildman–Crippen MR) is 99.9 cm³/mol. The third-order valence-electron chi connectivity index (χ3n) is 3.66. The molecule has 0 spiro atoms. The Morgan fingerprint density at radius 1 is 1.04 bits per heavy atom. The molecule has 0 aliphatic rings. The van der Waals surface area contributed by atoms with Crippen LogP contribution in [0.1, 0.15) is 18.9 Å². The van der Waals surface area contributed by atoms with Crippen molar-refractivity contribution in [3.05, 3.63) is 64.6 Å². The van der Waals surface area contributed by atoms with E-state index >= 15 is 0 Å². The van der Waals surface area contributed by atoms with Crippen LogP contribution in [0.4, 0.5) is 5.69 Å². The van der Waals surface area contributed by atoms with Gasteiger partial charge in [-0.15, -0.1) is 0 Å². The van der Waals surface area contributed by atoms with Crippen molar-refractivity contribution in [2.45, 2.75) is 19.8 Å². The van der Waals surface area contributed by atoms with Gasteiger partial charge in [0.15, 0.2) is 0 Å². The van der Waals surface area contributed by atoms with Crippen molar-refractivity contribution >= 4 is 33.4 Å². The third-order valence-corrected chi connectivity index (χ3v) is 4.19.